The van der Waals surface area contributed by atoms with E-state index in [1.165, 1.54) is 0 Å². The number of aromatic nitrogens is 2. The Balaban J connectivity index is 1.91. The van der Waals surface area contributed by atoms with Crippen molar-refractivity contribution in [2.45, 2.75) is 52.3 Å². The molecule has 33 heavy (non-hydrogen) atoms. The summed E-state index contributed by atoms with van der Waals surface area (Å²) in [5.74, 6) is -1.08. The standard InChI is InChI=1S/C23H32N4O6/c1-14-12-26(13-15(2)27(14)22(30)33-23(3,4)5)18-8-7-16(20(28)29)19-17(18)11-24-21(25-19)32-10-9-31-6/h7-8,11,14-15H,9-10,12-13H2,1-6H3,(H,28,29)/t14-,15+. The van der Waals surface area contributed by atoms with Crippen LogP contribution in [-0.4, -0.2) is 83.1 Å². The van der Waals surface area contributed by atoms with Gasteiger partial charge in [-0.15, -0.1) is 0 Å². The van der Waals surface area contributed by atoms with Gasteiger partial charge >= 0.3 is 18.1 Å². The highest BCUT2D eigenvalue weighted by Gasteiger charge is 2.36. The third-order valence-corrected chi connectivity index (χ3v) is 5.32. The first-order valence-electron chi connectivity index (χ1n) is 10.9. The molecule has 0 aliphatic carbocycles. The van der Waals surface area contributed by atoms with Gasteiger partial charge in [-0.05, 0) is 46.8 Å². The van der Waals surface area contributed by atoms with E-state index in [1.54, 1.807) is 30.3 Å². The Bertz CT molecular complexity index is 1010. The summed E-state index contributed by atoms with van der Waals surface area (Å²) < 4.78 is 16.0. The summed E-state index contributed by atoms with van der Waals surface area (Å²) in [5, 5.41) is 10.3. The summed E-state index contributed by atoms with van der Waals surface area (Å²) >= 11 is 0. The molecule has 10 heteroatoms. The number of fused-ring (bicyclic) bond motifs is 1. The Morgan fingerprint density at radius 3 is 2.39 bits per heavy atom. The molecular weight excluding hydrogens is 428 g/mol. The minimum absolute atomic E-state index is 0.0706. The normalized spacial score (nSPS) is 19.0. The summed E-state index contributed by atoms with van der Waals surface area (Å²) in [7, 11) is 1.56. The molecule has 1 saturated heterocycles. The number of anilines is 1. The predicted molar refractivity (Wildman–Crippen MR) is 123 cm³/mol. The van der Waals surface area contributed by atoms with Crippen LogP contribution < -0.4 is 9.64 Å². The van der Waals surface area contributed by atoms with E-state index in [-0.39, 0.29) is 36.4 Å². The van der Waals surface area contributed by atoms with Crippen molar-refractivity contribution in [3.63, 3.8) is 0 Å². The van der Waals surface area contributed by atoms with Crippen LogP contribution >= 0.6 is 0 Å². The lowest BCUT2D eigenvalue weighted by Crippen LogP contribution is -2.59. The highest BCUT2D eigenvalue weighted by molar-refractivity contribution is 6.06. The van der Waals surface area contributed by atoms with E-state index in [2.05, 4.69) is 14.9 Å². The highest BCUT2D eigenvalue weighted by atomic mass is 16.6. The Morgan fingerprint density at radius 1 is 1.15 bits per heavy atom. The molecule has 1 aromatic heterocycles. The van der Waals surface area contributed by atoms with Crippen molar-refractivity contribution in [3.05, 3.63) is 23.9 Å². The molecule has 1 aromatic carbocycles. The van der Waals surface area contributed by atoms with Crippen molar-refractivity contribution in [3.8, 4) is 6.01 Å². The van der Waals surface area contributed by atoms with Crippen LogP contribution in [0.2, 0.25) is 0 Å². The van der Waals surface area contributed by atoms with Crippen molar-refractivity contribution in [1.29, 1.82) is 0 Å². The maximum atomic E-state index is 12.7. The number of rotatable bonds is 6. The van der Waals surface area contributed by atoms with Crippen molar-refractivity contribution in [2.24, 2.45) is 0 Å². The number of aromatic carboxylic acids is 1. The van der Waals surface area contributed by atoms with Crippen LogP contribution in [0.3, 0.4) is 0 Å². The fourth-order valence-corrected chi connectivity index (χ4v) is 4.02. The predicted octanol–water partition coefficient (Wildman–Crippen LogP) is 3.19. The van der Waals surface area contributed by atoms with Gasteiger partial charge in [-0.25, -0.2) is 14.6 Å². The van der Waals surface area contributed by atoms with Crippen LogP contribution in [0, 0.1) is 0 Å². The minimum Gasteiger partial charge on any atom is -0.478 e. The number of benzene rings is 1. The number of carboxylic acids is 1. The molecule has 180 valence electrons. The van der Waals surface area contributed by atoms with Gasteiger partial charge in [0.2, 0.25) is 0 Å². The fourth-order valence-electron chi connectivity index (χ4n) is 4.02. The molecule has 2 heterocycles. The zero-order chi connectivity index (χ0) is 24.3. The monoisotopic (exact) mass is 460 g/mol. The summed E-state index contributed by atoms with van der Waals surface area (Å²) in [6, 6.07) is 3.17. The van der Waals surface area contributed by atoms with E-state index >= 15 is 0 Å². The SMILES string of the molecule is COCCOc1ncc2c(N3C[C@@H](C)N(C(=O)OC(C)(C)C)[C@@H](C)C3)ccc(C(=O)O)c2n1. The van der Waals surface area contributed by atoms with Crippen LogP contribution in [0.1, 0.15) is 45.0 Å². The lowest BCUT2D eigenvalue weighted by atomic mass is 10.0. The second-order valence-electron chi connectivity index (χ2n) is 9.18. The molecule has 0 bridgehead atoms. The molecule has 0 radical (unpaired) electrons. The van der Waals surface area contributed by atoms with Crippen LogP contribution in [0.5, 0.6) is 6.01 Å². The first-order valence-corrected chi connectivity index (χ1v) is 10.9. The molecule has 1 aliphatic heterocycles. The van der Waals surface area contributed by atoms with Gasteiger partial charge in [0.15, 0.2) is 0 Å². The van der Waals surface area contributed by atoms with Gasteiger partial charge in [-0.1, -0.05) is 0 Å². The van der Waals surface area contributed by atoms with E-state index in [0.717, 1.165) is 5.69 Å². The summed E-state index contributed by atoms with van der Waals surface area (Å²) in [6.07, 6.45) is 1.25. The first kappa shape index (κ1) is 24.5. The molecule has 2 atom stereocenters. The van der Waals surface area contributed by atoms with E-state index < -0.39 is 11.6 Å². The Morgan fingerprint density at radius 2 is 1.82 bits per heavy atom. The molecule has 1 fully saturated rings. The Kier molecular flexibility index (Phi) is 7.26. The van der Waals surface area contributed by atoms with Crippen molar-refractivity contribution < 1.29 is 28.9 Å². The Labute approximate surface area is 193 Å². The first-order chi connectivity index (χ1) is 15.5. The summed E-state index contributed by atoms with van der Waals surface area (Å²) in [5.41, 5.74) is 0.608. The molecule has 2 aromatic rings. The number of carbonyl (C=O) groups is 2. The number of ether oxygens (including phenoxy) is 3. The topological polar surface area (TPSA) is 114 Å². The number of nitrogens with zero attached hydrogens (tertiary/aromatic N) is 4. The maximum Gasteiger partial charge on any atom is 0.410 e. The number of methoxy groups -OCH3 is 1. The summed E-state index contributed by atoms with van der Waals surface area (Å²) in [4.78, 5) is 37.1. The molecule has 0 spiro atoms. The zero-order valence-corrected chi connectivity index (χ0v) is 20.0. The molecule has 1 aliphatic rings. The van der Waals surface area contributed by atoms with Crippen molar-refractivity contribution >= 4 is 28.7 Å². The van der Waals surface area contributed by atoms with Crippen LogP contribution in [0.25, 0.3) is 10.9 Å². The second kappa shape index (κ2) is 9.78. The number of carboxylic acid groups (broad SMARTS) is 1. The lowest BCUT2D eigenvalue weighted by Gasteiger charge is -2.45. The highest BCUT2D eigenvalue weighted by Crippen LogP contribution is 2.32. The lowest BCUT2D eigenvalue weighted by molar-refractivity contribution is 0.00565. The number of carbonyl (C=O) groups excluding carboxylic acids is 1. The molecule has 10 nitrogen and oxygen atoms in total. The van der Waals surface area contributed by atoms with E-state index in [9.17, 15) is 14.7 Å². The van der Waals surface area contributed by atoms with Crippen LogP contribution in [-0.2, 0) is 9.47 Å². The number of piperazine rings is 1. The molecule has 0 unspecified atom stereocenters. The van der Waals surface area contributed by atoms with Gasteiger partial charge in [0, 0.05) is 37.5 Å². The largest absolute Gasteiger partial charge is 0.478 e. The quantitative estimate of drug-likeness (QED) is 0.649. The molecule has 0 saturated carbocycles. The second-order valence-corrected chi connectivity index (χ2v) is 9.18. The van der Waals surface area contributed by atoms with Gasteiger partial charge in [0.05, 0.1) is 29.8 Å². The average Bonchev–Trinajstić information content (AvgIpc) is 2.71. The van der Waals surface area contributed by atoms with Gasteiger partial charge < -0.3 is 24.2 Å². The van der Waals surface area contributed by atoms with Crippen molar-refractivity contribution in [2.75, 3.05) is 38.3 Å². The minimum atomic E-state index is -1.08. The average molecular weight is 461 g/mol. The van der Waals surface area contributed by atoms with E-state index in [1.807, 2.05) is 34.6 Å². The zero-order valence-electron chi connectivity index (χ0n) is 20.0. The van der Waals surface area contributed by atoms with Gasteiger partial charge in [-0.2, -0.15) is 4.98 Å². The Hall–Kier alpha value is -3.14. The smallest absolute Gasteiger partial charge is 0.410 e. The van der Waals surface area contributed by atoms with Crippen LogP contribution in [0.15, 0.2) is 18.3 Å². The van der Waals surface area contributed by atoms with Gasteiger partial charge in [0.1, 0.15) is 12.2 Å². The molecule has 1 N–H and O–H groups in total. The third kappa shape index (κ3) is 5.62. The fraction of sp³-hybridized carbons (Fsp3) is 0.565. The third-order valence-electron chi connectivity index (χ3n) is 5.32. The molecular formula is C23H32N4O6. The number of hydrogen-bond donors (Lipinski definition) is 1. The number of amides is 1. The van der Waals surface area contributed by atoms with E-state index in [0.29, 0.717) is 30.6 Å². The van der Waals surface area contributed by atoms with Gasteiger partial charge in [-0.3, -0.25) is 4.90 Å². The maximum absolute atomic E-state index is 12.7. The van der Waals surface area contributed by atoms with Crippen molar-refractivity contribution in [1.82, 2.24) is 14.9 Å². The molecule has 3 rings (SSSR count). The van der Waals surface area contributed by atoms with E-state index in [4.69, 9.17) is 14.2 Å². The molecule has 1 amide bonds. The number of hydrogen-bond acceptors (Lipinski definition) is 8. The van der Waals surface area contributed by atoms with Gasteiger partial charge in [0.25, 0.3) is 0 Å². The van der Waals surface area contributed by atoms with Crippen LogP contribution in [0.4, 0.5) is 10.5 Å². The summed E-state index contributed by atoms with van der Waals surface area (Å²) in [6.45, 7) is 11.2.